The van der Waals surface area contributed by atoms with Crippen molar-refractivity contribution in [3.8, 4) is 0 Å². The number of anilines is 1. The van der Waals surface area contributed by atoms with Gasteiger partial charge in [0.15, 0.2) is 0 Å². The minimum absolute atomic E-state index is 0.121. The van der Waals surface area contributed by atoms with E-state index in [1.165, 1.54) is 6.42 Å². The first-order valence-electron chi connectivity index (χ1n) is 7.85. The van der Waals surface area contributed by atoms with Crippen molar-refractivity contribution in [2.75, 3.05) is 18.0 Å². The van der Waals surface area contributed by atoms with Crippen molar-refractivity contribution < 1.29 is 4.79 Å². The van der Waals surface area contributed by atoms with Crippen LogP contribution in [-0.2, 0) is 4.79 Å². The fourth-order valence-electron chi connectivity index (χ4n) is 3.05. The Morgan fingerprint density at radius 2 is 2.10 bits per heavy atom. The van der Waals surface area contributed by atoms with Gasteiger partial charge >= 0.3 is 0 Å². The van der Waals surface area contributed by atoms with Crippen LogP contribution in [0.25, 0.3) is 0 Å². The zero-order valence-corrected chi connectivity index (χ0v) is 12.3. The van der Waals surface area contributed by atoms with Gasteiger partial charge in [0.1, 0.15) is 0 Å². The molecule has 5 nitrogen and oxygen atoms in total. The summed E-state index contributed by atoms with van der Waals surface area (Å²) in [6, 6.07) is 2.01. The van der Waals surface area contributed by atoms with Gasteiger partial charge in [-0.2, -0.15) is 0 Å². The summed E-state index contributed by atoms with van der Waals surface area (Å²) < 4.78 is 0. The van der Waals surface area contributed by atoms with E-state index < -0.39 is 0 Å². The Balaban J connectivity index is 1.59. The molecule has 1 amide bonds. The molecule has 0 spiro atoms. The summed E-state index contributed by atoms with van der Waals surface area (Å²) in [6.07, 6.45) is 12.0. The summed E-state index contributed by atoms with van der Waals surface area (Å²) in [5.74, 6) is 0.879. The summed E-state index contributed by atoms with van der Waals surface area (Å²) in [5.41, 5.74) is 0.967. The number of allylic oxidation sites excluding steroid dienone is 1. The molecule has 0 bridgehead atoms. The maximum Gasteiger partial charge on any atom is 0.247 e. The monoisotopic (exact) mass is 286 g/mol. The van der Waals surface area contributed by atoms with E-state index in [1.54, 1.807) is 12.4 Å². The second-order valence-electron chi connectivity index (χ2n) is 5.78. The molecule has 2 aliphatic rings. The quantitative estimate of drug-likeness (QED) is 0.924. The molecule has 112 valence electrons. The maximum absolute atomic E-state index is 12.3. The van der Waals surface area contributed by atoms with Crippen LogP contribution >= 0.6 is 0 Å². The summed E-state index contributed by atoms with van der Waals surface area (Å²) >= 11 is 0. The van der Waals surface area contributed by atoms with Crippen molar-refractivity contribution in [3.63, 3.8) is 0 Å². The van der Waals surface area contributed by atoms with Gasteiger partial charge < -0.3 is 10.2 Å². The van der Waals surface area contributed by atoms with Gasteiger partial charge in [-0.3, -0.25) is 4.79 Å². The van der Waals surface area contributed by atoms with Crippen LogP contribution < -0.4 is 10.2 Å². The van der Waals surface area contributed by atoms with Gasteiger partial charge in [-0.25, -0.2) is 9.97 Å². The van der Waals surface area contributed by atoms with Gasteiger partial charge in [0.05, 0.1) is 0 Å². The Morgan fingerprint density at radius 3 is 2.86 bits per heavy atom. The van der Waals surface area contributed by atoms with Crippen LogP contribution in [0.2, 0.25) is 0 Å². The van der Waals surface area contributed by atoms with E-state index in [0.717, 1.165) is 56.7 Å². The van der Waals surface area contributed by atoms with Crippen LogP contribution in [0.3, 0.4) is 0 Å². The van der Waals surface area contributed by atoms with Crippen LogP contribution in [0.5, 0.6) is 0 Å². The second kappa shape index (κ2) is 6.70. The average molecular weight is 286 g/mol. The lowest BCUT2D eigenvalue weighted by Crippen LogP contribution is -2.48. The van der Waals surface area contributed by atoms with Crippen molar-refractivity contribution in [2.45, 2.75) is 44.6 Å². The zero-order valence-electron chi connectivity index (χ0n) is 12.3. The molecular formula is C16H22N4O. The summed E-state index contributed by atoms with van der Waals surface area (Å²) in [4.78, 5) is 23.0. The van der Waals surface area contributed by atoms with Crippen molar-refractivity contribution in [1.82, 2.24) is 15.3 Å². The third-order valence-electron chi connectivity index (χ3n) is 4.17. The first kappa shape index (κ1) is 14.0. The molecule has 0 aromatic carbocycles. The number of hydrogen-bond donors (Lipinski definition) is 1. The van der Waals surface area contributed by atoms with E-state index >= 15 is 0 Å². The van der Waals surface area contributed by atoms with Crippen LogP contribution in [0.4, 0.5) is 5.95 Å². The number of carbonyl (C=O) groups excluding carboxylic acids is 1. The Morgan fingerprint density at radius 1 is 1.24 bits per heavy atom. The topological polar surface area (TPSA) is 58.1 Å². The van der Waals surface area contributed by atoms with E-state index in [4.69, 9.17) is 0 Å². The number of hydrogen-bond acceptors (Lipinski definition) is 4. The summed E-state index contributed by atoms with van der Waals surface area (Å²) in [5, 5.41) is 3.18. The molecule has 1 aliphatic carbocycles. The van der Waals surface area contributed by atoms with E-state index in [9.17, 15) is 4.79 Å². The third kappa shape index (κ3) is 3.60. The van der Waals surface area contributed by atoms with Crippen LogP contribution in [-0.4, -0.2) is 35.0 Å². The first-order chi connectivity index (χ1) is 10.3. The normalized spacial score (nSPS) is 22.6. The number of amides is 1. The Bertz CT molecular complexity index is 514. The predicted octanol–water partition coefficient (Wildman–Crippen LogP) is 2.06. The Kier molecular flexibility index (Phi) is 4.48. The van der Waals surface area contributed by atoms with Crippen LogP contribution in [0.1, 0.15) is 38.5 Å². The van der Waals surface area contributed by atoms with E-state index in [2.05, 4.69) is 26.3 Å². The number of piperidine rings is 1. The van der Waals surface area contributed by atoms with Crippen molar-refractivity contribution in [3.05, 3.63) is 30.1 Å². The van der Waals surface area contributed by atoms with Crippen LogP contribution in [0, 0.1) is 0 Å². The van der Waals surface area contributed by atoms with Gasteiger partial charge in [-0.05, 0) is 44.6 Å². The molecule has 1 saturated heterocycles. The Hall–Kier alpha value is -1.91. The smallest absolute Gasteiger partial charge is 0.247 e. The highest BCUT2D eigenvalue weighted by Gasteiger charge is 2.24. The summed E-state index contributed by atoms with van der Waals surface area (Å²) in [7, 11) is 0. The molecule has 21 heavy (non-hydrogen) atoms. The van der Waals surface area contributed by atoms with Crippen molar-refractivity contribution in [1.29, 1.82) is 0 Å². The highest BCUT2D eigenvalue weighted by molar-refractivity contribution is 5.93. The lowest BCUT2D eigenvalue weighted by atomic mass is 9.98. The molecule has 1 aliphatic heterocycles. The van der Waals surface area contributed by atoms with Gasteiger partial charge in [-0.15, -0.1) is 0 Å². The van der Waals surface area contributed by atoms with E-state index in [1.807, 2.05) is 6.07 Å². The minimum atomic E-state index is 0.121. The molecule has 1 atom stereocenters. The molecule has 0 saturated carbocycles. The maximum atomic E-state index is 12.3. The molecule has 1 unspecified atom stereocenters. The standard InChI is InChI=1S/C16H22N4O/c21-15(13-6-2-1-3-7-13)19-14-8-4-11-20(12-14)16-17-9-5-10-18-16/h5-6,9-10,14H,1-4,7-8,11-12H2,(H,19,21). The van der Waals surface area contributed by atoms with E-state index in [-0.39, 0.29) is 11.9 Å². The number of carbonyl (C=O) groups is 1. The molecule has 1 aromatic rings. The number of aromatic nitrogens is 2. The lowest BCUT2D eigenvalue weighted by Gasteiger charge is -2.33. The van der Waals surface area contributed by atoms with Crippen molar-refractivity contribution in [2.24, 2.45) is 0 Å². The van der Waals surface area contributed by atoms with E-state index in [0.29, 0.717) is 0 Å². The molecule has 1 N–H and O–H groups in total. The van der Waals surface area contributed by atoms with Gasteiger partial charge in [-0.1, -0.05) is 6.08 Å². The average Bonchev–Trinajstić information content (AvgIpc) is 2.57. The highest BCUT2D eigenvalue weighted by Crippen LogP contribution is 2.19. The molecular weight excluding hydrogens is 264 g/mol. The highest BCUT2D eigenvalue weighted by atomic mass is 16.1. The zero-order chi connectivity index (χ0) is 14.5. The van der Waals surface area contributed by atoms with Crippen LogP contribution in [0.15, 0.2) is 30.1 Å². The largest absolute Gasteiger partial charge is 0.348 e. The number of nitrogens with one attached hydrogen (secondary N) is 1. The fraction of sp³-hybridized carbons (Fsp3) is 0.562. The van der Waals surface area contributed by atoms with Gasteiger partial charge in [0, 0.05) is 37.1 Å². The minimum Gasteiger partial charge on any atom is -0.348 e. The summed E-state index contributed by atoms with van der Waals surface area (Å²) in [6.45, 7) is 1.75. The van der Waals surface area contributed by atoms with Gasteiger partial charge in [0.2, 0.25) is 11.9 Å². The predicted molar refractivity (Wildman–Crippen MR) is 82.0 cm³/mol. The molecule has 1 fully saturated rings. The fourth-order valence-corrected chi connectivity index (χ4v) is 3.05. The molecule has 2 heterocycles. The van der Waals surface area contributed by atoms with Crippen molar-refractivity contribution >= 4 is 11.9 Å². The molecule has 3 rings (SSSR count). The molecule has 5 heteroatoms. The molecule has 0 radical (unpaired) electrons. The number of nitrogens with zero attached hydrogens (tertiary/aromatic N) is 3. The van der Waals surface area contributed by atoms with Gasteiger partial charge in [0.25, 0.3) is 0 Å². The molecule has 1 aromatic heterocycles. The first-order valence-corrected chi connectivity index (χ1v) is 7.85. The second-order valence-corrected chi connectivity index (χ2v) is 5.78. The third-order valence-corrected chi connectivity index (χ3v) is 4.17. The number of rotatable bonds is 3. The SMILES string of the molecule is O=C(NC1CCCN(c2ncccn2)C1)C1=CCCCC1. The Labute approximate surface area is 125 Å². The lowest BCUT2D eigenvalue weighted by molar-refractivity contribution is -0.118.